The normalized spacial score (nSPS) is 18.5. The van der Waals surface area contributed by atoms with Crippen molar-refractivity contribution in [3.05, 3.63) is 64.2 Å². The molecule has 1 fully saturated rings. The summed E-state index contributed by atoms with van der Waals surface area (Å²) < 4.78 is 28.6. The third-order valence-corrected chi connectivity index (χ3v) is 8.86. The first kappa shape index (κ1) is 25.7. The minimum Gasteiger partial charge on any atom is -0.368 e. The molecule has 1 spiro atoms. The molecule has 2 aromatic carbocycles. The molecular weight excluding hydrogens is 456 g/mol. The molecule has 2 N–H and O–H groups in total. The molecule has 2 aromatic rings. The van der Waals surface area contributed by atoms with Crippen molar-refractivity contribution in [1.29, 1.82) is 0 Å². The van der Waals surface area contributed by atoms with Gasteiger partial charge in [0.15, 0.2) is 0 Å². The summed E-state index contributed by atoms with van der Waals surface area (Å²) in [6.07, 6.45) is 1.41. The molecule has 8 heteroatoms. The van der Waals surface area contributed by atoms with Gasteiger partial charge in [-0.05, 0) is 57.2 Å². The Morgan fingerprint density at radius 1 is 1.00 bits per heavy atom. The molecule has 0 aromatic heterocycles. The molecule has 2 aliphatic rings. The predicted octanol–water partition coefficient (Wildman–Crippen LogP) is 3.66. The predicted molar refractivity (Wildman–Crippen MR) is 137 cm³/mol. The van der Waals surface area contributed by atoms with Crippen LogP contribution in [0.25, 0.3) is 0 Å². The number of amidine groups is 1. The number of benzene rings is 2. The van der Waals surface area contributed by atoms with Gasteiger partial charge < -0.3 is 10.6 Å². The Labute approximate surface area is 204 Å². The minimum atomic E-state index is -3.53. The number of aliphatic imine (C=N–C) groups is 1. The van der Waals surface area contributed by atoms with Crippen molar-refractivity contribution in [2.24, 2.45) is 4.99 Å². The number of nitrogens with zero attached hydrogens (tertiary/aromatic N) is 2. The van der Waals surface area contributed by atoms with Crippen molar-refractivity contribution in [3.63, 3.8) is 0 Å². The standard InChI is InChI=1S/C25H34N4O2S.ClH/c1-18-5-7-22(8-6-18)17-27-24-25(28-12-11-26-24)9-13-29(14-10-25)32(30,31)23-20(3)15-19(2)16-21(23)4;/h5-8,15-16,28H,9-14,17H2,1-4H3,(H,26,27);1H. The van der Waals surface area contributed by atoms with E-state index < -0.39 is 10.0 Å². The third-order valence-electron chi connectivity index (χ3n) is 6.66. The van der Waals surface area contributed by atoms with Crippen molar-refractivity contribution < 1.29 is 8.42 Å². The van der Waals surface area contributed by atoms with Gasteiger partial charge in [0.2, 0.25) is 10.0 Å². The van der Waals surface area contributed by atoms with Gasteiger partial charge in [-0.1, -0.05) is 47.5 Å². The lowest BCUT2D eigenvalue weighted by Crippen LogP contribution is -2.64. The Morgan fingerprint density at radius 3 is 2.21 bits per heavy atom. The maximum Gasteiger partial charge on any atom is 0.243 e. The molecule has 4 rings (SSSR count). The van der Waals surface area contributed by atoms with Crippen LogP contribution in [0.4, 0.5) is 0 Å². The summed E-state index contributed by atoms with van der Waals surface area (Å²) in [5, 5.41) is 7.20. The van der Waals surface area contributed by atoms with Gasteiger partial charge in [0, 0.05) is 26.2 Å². The van der Waals surface area contributed by atoms with Gasteiger partial charge in [0.05, 0.1) is 17.0 Å². The smallest absolute Gasteiger partial charge is 0.243 e. The zero-order valence-electron chi connectivity index (χ0n) is 19.9. The van der Waals surface area contributed by atoms with Crippen LogP contribution in [0.15, 0.2) is 46.3 Å². The van der Waals surface area contributed by atoms with Crippen LogP contribution in [0.2, 0.25) is 0 Å². The fraction of sp³-hybridized carbons (Fsp3) is 0.480. The summed E-state index contributed by atoms with van der Waals surface area (Å²) in [6.45, 7) is 11.1. The van der Waals surface area contributed by atoms with Crippen LogP contribution in [-0.2, 0) is 16.6 Å². The molecule has 2 heterocycles. The maximum absolute atomic E-state index is 13.5. The van der Waals surface area contributed by atoms with Gasteiger partial charge in [-0.15, -0.1) is 12.4 Å². The molecule has 2 aliphatic heterocycles. The molecule has 180 valence electrons. The van der Waals surface area contributed by atoms with Crippen LogP contribution in [0.5, 0.6) is 0 Å². The number of aryl methyl sites for hydroxylation is 4. The van der Waals surface area contributed by atoms with Gasteiger partial charge in [-0.3, -0.25) is 4.99 Å². The Morgan fingerprint density at radius 2 is 1.61 bits per heavy atom. The fourth-order valence-electron chi connectivity index (χ4n) is 5.04. The molecule has 0 unspecified atom stereocenters. The molecule has 0 saturated carbocycles. The average Bonchev–Trinajstić information content (AvgIpc) is 2.74. The lowest BCUT2D eigenvalue weighted by molar-refractivity contribution is 0.241. The SMILES string of the molecule is Cc1ccc(CNC2=NCCNC23CCN(S(=O)(=O)c2c(C)cc(C)cc2C)CC3)cc1.Cl. The molecule has 0 bridgehead atoms. The number of hydrogen-bond donors (Lipinski definition) is 2. The zero-order valence-corrected chi connectivity index (χ0v) is 21.6. The summed E-state index contributed by atoms with van der Waals surface area (Å²) in [7, 11) is -3.53. The van der Waals surface area contributed by atoms with Gasteiger partial charge in [0.1, 0.15) is 5.84 Å². The van der Waals surface area contributed by atoms with E-state index in [0.717, 1.165) is 35.6 Å². The Hall–Kier alpha value is -1.93. The highest BCUT2D eigenvalue weighted by Gasteiger charge is 2.43. The summed E-state index contributed by atoms with van der Waals surface area (Å²) in [4.78, 5) is 5.26. The first-order chi connectivity index (χ1) is 15.2. The molecule has 33 heavy (non-hydrogen) atoms. The second-order valence-corrected chi connectivity index (χ2v) is 11.1. The second kappa shape index (κ2) is 10.1. The Bertz CT molecular complexity index is 1100. The molecule has 0 amide bonds. The number of halogens is 1. The summed E-state index contributed by atoms with van der Waals surface area (Å²) in [5.41, 5.74) is 4.90. The van der Waals surface area contributed by atoms with Crippen LogP contribution >= 0.6 is 12.4 Å². The maximum atomic E-state index is 13.5. The van der Waals surface area contributed by atoms with E-state index in [1.807, 2.05) is 32.9 Å². The molecule has 0 atom stereocenters. The van der Waals surface area contributed by atoms with Gasteiger partial charge >= 0.3 is 0 Å². The quantitative estimate of drug-likeness (QED) is 0.686. The van der Waals surface area contributed by atoms with Gasteiger partial charge in [-0.2, -0.15) is 4.31 Å². The molecule has 6 nitrogen and oxygen atoms in total. The fourth-order valence-corrected chi connectivity index (χ4v) is 6.89. The molecule has 0 radical (unpaired) electrons. The van der Waals surface area contributed by atoms with E-state index in [1.165, 1.54) is 11.1 Å². The van der Waals surface area contributed by atoms with Crippen LogP contribution in [0, 0.1) is 27.7 Å². The van der Waals surface area contributed by atoms with Crippen molar-refractivity contribution in [2.45, 2.75) is 57.5 Å². The van der Waals surface area contributed by atoms with Crippen molar-refractivity contribution in [3.8, 4) is 0 Å². The summed E-state index contributed by atoms with van der Waals surface area (Å²) in [6, 6.07) is 12.4. The van der Waals surface area contributed by atoms with Crippen molar-refractivity contribution in [1.82, 2.24) is 14.9 Å². The van der Waals surface area contributed by atoms with E-state index in [9.17, 15) is 8.42 Å². The van der Waals surface area contributed by atoms with E-state index >= 15 is 0 Å². The minimum absolute atomic E-state index is 0. The zero-order chi connectivity index (χ0) is 22.9. The monoisotopic (exact) mass is 490 g/mol. The number of nitrogens with one attached hydrogen (secondary N) is 2. The lowest BCUT2D eigenvalue weighted by Gasteiger charge is -2.44. The molecule has 0 aliphatic carbocycles. The second-order valence-electron chi connectivity index (χ2n) is 9.21. The van der Waals surface area contributed by atoms with E-state index in [2.05, 4.69) is 41.8 Å². The van der Waals surface area contributed by atoms with Crippen LogP contribution in [0.1, 0.15) is 40.7 Å². The highest BCUT2D eigenvalue weighted by molar-refractivity contribution is 7.89. The number of hydrogen-bond acceptors (Lipinski definition) is 5. The highest BCUT2D eigenvalue weighted by atomic mass is 35.5. The van der Waals surface area contributed by atoms with Gasteiger partial charge in [0.25, 0.3) is 0 Å². The largest absolute Gasteiger partial charge is 0.368 e. The Kier molecular flexibility index (Phi) is 7.89. The van der Waals surface area contributed by atoms with Crippen LogP contribution in [-0.4, -0.2) is 50.3 Å². The molecular formula is C25H35ClN4O2S. The number of piperidine rings is 1. The first-order valence-electron chi connectivity index (χ1n) is 11.4. The van der Waals surface area contributed by atoms with E-state index in [-0.39, 0.29) is 17.9 Å². The van der Waals surface area contributed by atoms with E-state index in [4.69, 9.17) is 4.99 Å². The van der Waals surface area contributed by atoms with Crippen molar-refractivity contribution in [2.75, 3.05) is 26.2 Å². The average molecular weight is 491 g/mol. The topological polar surface area (TPSA) is 73.8 Å². The first-order valence-corrected chi connectivity index (χ1v) is 12.8. The van der Waals surface area contributed by atoms with E-state index in [1.54, 1.807) is 4.31 Å². The lowest BCUT2D eigenvalue weighted by atomic mass is 9.85. The van der Waals surface area contributed by atoms with Gasteiger partial charge in [-0.25, -0.2) is 8.42 Å². The molecule has 1 saturated heterocycles. The van der Waals surface area contributed by atoms with Crippen LogP contribution < -0.4 is 10.6 Å². The third kappa shape index (κ3) is 5.27. The van der Waals surface area contributed by atoms with Crippen LogP contribution in [0.3, 0.4) is 0 Å². The summed E-state index contributed by atoms with van der Waals surface area (Å²) >= 11 is 0. The highest BCUT2D eigenvalue weighted by Crippen LogP contribution is 2.31. The summed E-state index contributed by atoms with van der Waals surface area (Å²) in [5.74, 6) is 0.962. The van der Waals surface area contributed by atoms with Crippen molar-refractivity contribution >= 4 is 28.3 Å². The number of rotatable bonds is 4. The Balaban J connectivity index is 0.00000306. The van der Waals surface area contributed by atoms with E-state index in [0.29, 0.717) is 37.4 Å². The number of sulfonamides is 1.